The van der Waals surface area contributed by atoms with Crippen LogP contribution < -0.4 is 5.32 Å². The number of carbonyl (C=O) groups excluding carboxylic acids is 1. The molecule has 0 bridgehead atoms. The van der Waals surface area contributed by atoms with E-state index in [0.717, 1.165) is 31.4 Å². The molecule has 1 unspecified atom stereocenters. The van der Waals surface area contributed by atoms with Crippen molar-refractivity contribution < 1.29 is 17.6 Å². The third-order valence-electron chi connectivity index (χ3n) is 4.04. The fourth-order valence-electron chi connectivity index (χ4n) is 2.82. The van der Waals surface area contributed by atoms with Crippen molar-refractivity contribution in [3.8, 4) is 0 Å². The topological polar surface area (TPSA) is 63.2 Å². The number of anilines is 1. The van der Waals surface area contributed by atoms with Crippen LogP contribution in [0.4, 0.5) is 10.1 Å². The van der Waals surface area contributed by atoms with Crippen molar-refractivity contribution in [3.05, 3.63) is 24.0 Å². The summed E-state index contributed by atoms with van der Waals surface area (Å²) in [7, 11) is 0.979. The fourth-order valence-corrected chi connectivity index (χ4v) is 3.72. The highest BCUT2D eigenvalue weighted by molar-refractivity contribution is 8.13. The average Bonchev–Trinajstić information content (AvgIpc) is 2.67. The highest BCUT2D eigenvalue weighted by Crippen LogP contribution is 2.43. The summed E-state index contributed by atoms with van der Waals surface area (Å²) < 4.78 is 36.0. The lowest BCUT2D eigenvalue weighted by molar-refractivity contribution is -0.122. The summed E-state index contributed by atoms with van der Waals surface area (Å²) in [6, 6.07) is 3.35. The number of amides is 1. The molecule has 0 aliphatic heterocycles. The van der Waals surface area contributed by atoms with Crippen molar-refractivity contribution in [2.24, 2.45) is 11.3 Å². The van der Waals surface area contributed by atoms with Gasteiger partial charge in [-0.15, -0.1) is 0 Å². The van der Waals surface area contributed by atoms with Gasteiger partial charge in [-0.1, -0.05) is 20.3 Å². The number of nitrogens with one attached hydrogen (secondary N) is 1. The number of carbonyl (C=O) groups is 1. The molecule has 1 aliphatic rings. The van der Waals surface area contributed by atoms with Gasteiger partial charge in [0.2, 0.25) is 5.91 Å². The van der Waals surface area contributed by atoms with E-state index in [1.165, 1.54) is 6.07 Å². The summed E-state index contributed by atoms with van der Waals surface area (Å²) in [6.45, 7) is 4.07. The van der Waals surface area contributed by atoms with Crippen LogP contribution in [-0.2, 0) is 13.8 Å². The first-order valence-corrected chi connectivity index (χ1v) is 8.97. The van der Waals surface area contributed by atoms with Crippen LogP contribution >= 0.6 is 10.7 Å². The van der Waals surface area contributed by atoms with Crippen molar-refractivity contribution in [1.82, 2.24) is 0 Å². The Bertz CT molecular complexity index is 673. The molecule has 116 valence electrons. The van der Waals surface area contributed by atoms with Crippen molar-refractivity contribution in [3.63, 3.8) is 0 Å². The van der Waals surface area contributed by atoms with Gasteiger partial charge in [0, 0.05) is 22.3 Å². The first-order valence-electron chi connectivity index (χ1n) is 6.66. The summed E-state index contributed by atoms with van der Waals surface area (Å²) in [5.74, 6) is -1.27. The predicted octanol–water partition coefficient (Wildman–Crippen LogP) is 3.52. The second kappa shape index (κ2) is 5.57. The number of rotatable bonds is 3. The van der Waals surface area contributed by atoms with Crippen LogP contribution in [0, 0.1) is 17.2 Å². The molecule has 7 heteroatoms. The van der Waals surface area contributed by atoms with Gasteiger partial charge in [0.25, 0.3) is 9.05 Å². The quantitative estimate of drug-likeness (QED) is 0.861. The average molecular weight is 334 g/mol. The second-order valence-corrected chi connectivity index (χ2v) is 8.54. The molecular formula is C14H17ClFNO3S. The molecular weight excluding hydrogens is 317 g/mol. The molecule has 1 aliphatic carbocycles. The second-order valence-electron chi connectivity index (χ2n) is 6.01. The van der Waals surface area contributed by atoms with Gasteiger partial charge in [-0.3, -0.25) is 4.79 Å². The lowest BCUT2D eigenvalue weighted by Crippen LogP contribution is -2.30. The summed E-state index contributed by atoms with van der Waals surface area (Å²) in [5.41, 5.74) is 0.145. The summed E-state index contributed by atoms with van der Waals surface area (Å²) in [6.07, 6.45) is 2.77. The molecule has 0 saturated heterocycles. The van der Waals surface area contributed by atoms with Gasteiger partial charge in [-0.05, 0) is 36.5 Å². The number of halogens is 2. The maximum absolute atomic E-state index is 13.7. The molecule has 21 heavy (non-hydrogen) atoms. The van der Waals surface area contributed by atoms with Gasteiger partial charge < -0.3 is 5.32 Å². The van der Waals surface area contributed by atoms with Crippen molar-refractivity contribution >= 4 is 31.3 Å². The molecule has 0 radical (unpaired) electrons. The molecule has 0 aromatic heterocycles. The van der Waals surface area contributed by atoms with Crippen molar-refractivity contribution in [2.75, 3.05) is 5.32 Å². The molecule has 1 amide bonds. The Balaban J connectivity index is 2.18. The van der Waals surface area contributed by atoms with Gasteiger partial charge in [0.05, 0.1) is 0 Å². The van der Waals surface area contributed by atoms with E-state index >= 15 is 0 Å². The Labute approximate surface area is 128 Å². The van der Waals surface area contributed by atoms with Crippen LogP contribution in [0.3, 0.4) is 0 Å². The zero-order valence-corrected chi connectivity index (χ0v) is 13.4. The maximum atomic E-state index is 13.7. The molecule has 1 aromatic carbocycles. The molecule has 0 spiro atoms. The Morgan fingerprint density at radius 1 is 1.43 bits per heavy atom. The van der Waals surface area contributed by atoms with Gasteiger partial charge in [0.1, 0.15) is 10.7 Å². The highest BCUT2D eigenvalue weighted by Gasteiger charge is 2.39. The Kier molecular flexibility index (Phi) is 4.31. The number of hydrogen-bond donors (Lipinski definition) is 1. The number of hydrogen-bond acceptors (Lipinski definition) is 3. The van der Waals surface area contributed by atoms with E-state index in [-0.39, 0.29) is 22.9 Å². The Hall–Kier alpha value is -1.14. The maximum Gasteiger partial charge on any atom is 0.264 e. The van der Waals surface area contributed by atoms with Crippen LogP contribution in [-0.4, -0.2) is 14.3 Å². The third-order valence-corrected chi connectivity index (χ3v) is 5.39. The molecule has 1 aromatic rings. The molecule has 1 atom stereocenters. The van der Waals surface area contributed by atoms with E-state index < -0.39 is 19.8 Å². The zero-order chi connectivity index (χ0) is 15.8. The first kappa shape index (κ1) is 16.2. The van der Waals surface area contributed by atoms with E-state index in [0.29, 0.717) is 0 Å². The normalized spacial score (nSPS) is 21.2. The van der Waals surface area contributed by atoms with Crippen LogP contribution in [0.25, 0.3) is 0 Å². The monoisotopic (exact) mass is 333 g/mol. The molecule has 1 fully saturated rings. The largest absolute Gasteiger partial charge is 0.326 e. The minimum absolute atomic E-state index is 0.0813. The van der Waals surface area contributed by atoms with Crippen LogP contribution in [0.15, 0.2) is 23.1 Å². The van der Waals surface area contributed by atoms with Crippen LogP contribution in [0.1, 0.15) is 33.1 Å². The van der Waals surface area contributed by atoms with E-state index in [4.69, 9.17) is 10.7 Å². The lowest BCUT2D eigenvalue weighted by Gasteiger charge is -2.25. The summed E-state index contributed by atoms with van der Waals surface area (Å²) in [4.78, 5) is 11.7. The fraction of sp³-hybridized carbons (Fsp3) is 0.500. The standard InChI is InChI=1S/C14H17ClFNO3S/c1-14(2)7-3-4-10(14)13(18)17-9-5-6-12(11(16)8-9)21(15,19)20/h5-6,8,10H,3-4,7H2,1-2H3,(H,17,18). The Morgan fingerprint density at radius 3 is 2.57 bits per heavy atom. The predicted molar refractivity (Wildman–Crippen MR) is 79.2 cm³/mol. The zero-order valence-electron chi connectivity index (χ0n) is 11.8. The highest BCUT2D eigenvalue weighted by atomic mass is 35.7. The van der Waals surface area contributed by atoms with E-state index in [2.05, 4.69) is 5.32 Å². The van der Waals surface area contributed by atoms with Crippen molar-refractivity contribution in [2.45, 2.75) is 38.0 Å². The summed E-state index contributed by atoms with van der Waals surface area (Å²) >= 11 is 0. The minimum Gasteiger partial charge on any atom is -0.326 e. The smallest absolute Gasteiger partial charge is 0.264 e. The summed E-state index contributed by atoms with van der Waals surface area (Å²) in [5, 5.41) is 2.64. The van der Waals surface area contributed by atoms with Crippen molar-refractivity contribution in [1.29, 1.82) is 0 Å². The third kappa shape index (κ3) is 3.55. The van der Waals surface area contributed by atoms with Gasteiger partial charge in [0.15, 0.2) is 0 Å². The lowest BCUT2D eigenvalue weighted by atomic mass is 9.81. The van der Waals surface area contributed by atoms with Crippen LogP contribution in [0.2, 0.25) is 0 Å². The molecule has 2 rings (SSSR count). The van der Waals surface area contributed by atoms with Gasteiger partial charge in [-0.25, -0.2) is 12.8 Å². The van der Waals surface area contributed by atoms with E-state index in [9.17, 15) is 17.6 Å². The van der Waals surface area contributed by atoms with Crippen LogP contribution in [0.5, 0.6) is 0 Å². The SMILES string of the molecule is CC1(C)CCCC1C(=O)Nc1ccc(S(=O)(=O)Cl)c(F)c1. The molecule has 4 nitrogen and oxygen atoms in total. The molecule has 0 heterocycles. The molecule has 1 N–H and O–H groups in total. The number of benzene rings is 1. The van der Waals surface area contributed by atoms with Gasteiger partial charge in [-0.2, -0.15) is 0 Å². The minimum atomic E-state index is -4.13. The first-order chi connectivity index (χ1) is 9.61. The van der Waals surface area contributed by atoms with E-state index in [1.54, 1.807) is 0 Å². The van der Waals surface area contributed by atoms with Gasteiger partial charge >= 0.3 is 0 Å². The van der Waals surface area contributed by atoms with E-state index in [1.807, 2.05) is 13.8 Å². The Morgan fingerprint density at radius 2 is 2.10 bits per heavy atom. The molecule has 1 saturated carbocycles.